The average molecular weight is 525 g/mol. The van der Waals surface area contributed by atoms with E-state index in [1.165, 1.54) is 18.3 Å². The maximum absolute atomic E-state index is 13.2. The molecule has 3 aromatic heterocycles. The Balaban J connectivity index is 1.44. The first-order valence-corrected chi connectivity index (χ1v) is 12.5. The number of rotatable bonds is 6. The van der Waals surface area contributed by atoms with Crippen LogP contribution >= 0.6 is 0 Å². The quantitative estimate of drug-likeness (QED) is 0.509. The molecule has 2 saturated heterocycles. The molecule has 38 heavy (non-hydrogen) atoms. The second-order valence-corrected chi connectivity index (χ2v) is 10.0. The van der Waals surface area contributed by atoms with E-state index in [-0.39, 0.29) is 28.6 Å². The first-order chi connectivity index (χ1) is 18.2. The van der Waals surface area contributed by atoms with Gasteiger partial charge in [-0.3, -0.25) is 9.59 Å². The summed E-state index contributed by atoms with van der Waals surface area (Å²) in [5, 5.41) is 5.67. The fourth-order valence-electron chi connectivity index (χ4n) is 5.15. The third kappa shape index (κ3) is 5.02. The number of aromatic nitrogens is 4. The van der Waals surface area contributed by atoms with Crippen molar-refractivity contribution in [1.29, 1.82) is 0 Å². The molecule has 2 aliphatic rings. The van der Waals surface area contributed by atoms with Crippen LogP contribution < -0.4 is 15.5 Å². The Labute approximate surface area is 219 Å². The standard InChI is InChI=1S/C26H30F2N8O2/c1-16(37)35-8-5-26(6-9-35)14-36(15-26)22-12-21(31-20-11-17(23(27)28)4-7-30-20)32-24(33-22)18-10-19(25(38)29-2)34(3)13-18/h4,7,10-13,23H,5-6,8-9,14-15H2,1-3H3,(H,29,38)(H,30,31,32,33). The summed E-state index contributed by atoms with van der Waals surface area (Å²) in [4.78, 5) is 41.6. The Morgan fingerprint density at radius 2 is 1.82 bits per heavy atom. The number of alkyl halides is 2. The van der Waals surface area contributed by atoms with Crippen molar-refractivity contribution in [2.24, 2.45) is 12.5 Å². The van der Waals surface area contributed by atoms with Gasteiger partial charge in [-0.25, -0.2) is 23.7 Å². The topological polar surface area (TPSA) is 108 Å². The number of carbonyl (C=O) groups excluding carboxylic acids is 2. The lowest BCUT2D eigenvalue weighted by molar-refractivity contribution is -0.131. The average Bonchev–Trinajstić information content (AvgIpc) is 3.28. The minimum absolute atomic E-state index is 0.107. The molecule has 12 heteroatoms. The van der Waals surface area contributed by atoms with Gasteiger partial charge in [0.2, 0.25) is 5.91 Å². The number of pyridine rings is 1. The van der Waals surface area contributed by atoms with Crippen LogP contribution in [0.25, 0.3) is 11.4 Å². The Hall–Kier alpha value is -4.09. The molecule has 0 unspecified atom stereocenters. The maximum Gasteiger partial charge on any atom is 0.267 e. The van der Waals surface area contributed by atoms with Crippen LogP contribution in [0, 0.1) is 5.41 Å². The number of nitrogens with zero attached hydrogens (tertiary/aromatic N) is 6. The first kappa shape index (κ1) is 25.6. The van der Waals surface area contributed by atoms with Crippen molar-refractivity contribution in [3.63, 3.8) is 0 Å². The Morgan fingerprint density at radius 1 is 1.08 bits per heavy atom. The molecule has 0 radical (unpaired) electrons. The predicted octanol–water partition coefficient (Wildman–Crippen LogP) is 3.37. The van der Waals surface area contributed by atoms with Crippen molar-refractivity contribution in [3.8, 4) is 11.4 Å². The second-order valence-electron chi connectivity index (χ2n) is 10.0. The zero-order valence-electron chi connectivity index (χ0n) is 21.5. The van der Waals surface area contributed by atoms with Crippen molar-refractivity contribution in [2.45, 2.75) is 26.2 Å². The van der Waals surface area contributed by atoms with E-state index < -0.39 is 6.43 Å². The lowest BCUT2D eigenvalue weighted by Crippen LogP contribution is -2.61. The molecule has 2 fully saturated rings. The van der Waals surface area contributed by atoms with E-state index in [1.807, 2.05) is 4.90 Å². The van der Waals surface area contributed by atoms with Gasteiger partial charge in [-0.2, -0.15) is 0 Å². The molecule has 2 amide bonds. The molecule has 0 aromatic carbocycles. The monoisotopic (exact) mass is 524 g/mol. The van der Waals surface area contributed by atoms with E-state index in [2.05, 4.69) is 25.5 Å². The van der Waals surface area contributed by atoms with Crippen LogP contribution in [0.5, 0.6) is 0 Å². The summed E-state index contributed by atoms with van der Waals surface area (Å²) in [7, 11) is 3.33. The number of piperidine rings is 1. The van der Waals surface area contributed by atoms with E-state index in [0.29, 0.717) is 28.7 Å². The summed E-state index contributed by atoms with van der Waals surface area (Å²) in [6, 6.07) is 6.06. The van der Waals surface area contributed by atoms with Gasteiger partial charge in [0.15, 0.2) is 5.82 Å². The van der Waals surface area contributed by atoms with Crippen LogP contribution in [0.3, 0.4) is 0 Å². The van der Waals surface area contributed by atoms with Crippen molar-refractivity contribution < 1.29 is 18.4 Å². The molecule has 1 spiro atoms. The van der Waals surface area contributed by atoms with Crippen LogP contribution in [0.2, 0.25) is 0 Å². The summed E-state index contributed by atoms with van der Waals surface area (Å²) in [5.41, 5.74) is 1.10. The number of carbonyl (C=O) groups is 2. The van der Waals surface area contributed by atoms with Gasteiger partial charge in [0, 0.05) is 82.2 Å². The van der Waals surface area contributed by atoms with Crippen molar-refractivity contribution in [2.75, 3.05) is 43.4 Å². The lowest BCUT2D eigenvalue weighted by atomic mass is 9.72. The molecule has 0 saturated carbocycles. The second kappa shape index (κ2) is 9.99. The summed E-state index contributed by atoms with van der Waals surface area (Å²) in [6.07, 6.45) is 2.36. The van der Waals surface area contributed by atoms with Crippen LogP contribution in [-0.2, 0) is 11.8 Å². The lowest BCUT2D eigenvalue weighted by Gasteiger charge is -2.54. The van der Waals surface area contributed by atoms with Crippen LogP contribution in [0.4, 0.5) is 26.2 Å². The van der Waals surface area contributed by atoms with Gasteiger partial charge < -0.3 is 25.0 Å². The smallest absolute Gasteiger partial charge is 0.267 e. The van der Waals surface area contributed by atoms with Crippen molar-refractivity contribution in [3.05, 3.63) is 47.9 Å². The van der Waals surface area contributed by atoms with Crippen molar-refractivity contribution >= 4 is 29.3 Å². The summed E-state index contributed by atoms with van der Waals surface area (Å²) in [6.45, 7) is 4.71. The number of likely N-dealkylation sites (tertiary alicyclic amines) is 1. The molecule has 10 nitrogen and oxygen atoms in total. The van der Waals surface area contributed by atoms with Gasteiger partial charge >= 0.3 is 0 Å². The van der Waals surface area contributed by atoms with Gasteiger partial charge in [0.05, 0.1) is 0 Å². The molecular weight excluding hydrogens is 494 g/mol. The van der Waals surface area contributed by atoms with Gasteiger partial charge in [0.1, 0.15) is 23.1 Å². The Kier molecular flexibility index (Phi) is 6.72. The molecule has 2 N–H and O–H groups in total. The largest absolute Gasteiger partial charge is 0.355 e. The molecular formula is C26H30F2N8O2. The van der Waals surface area contributed by atoms with Gasteiger partial charge in [-0.05, 0) is 31.0 Å². The highest BCUT2D eigenvalue weighted by Crippen LogP contribution is 2.43. The fourth-order valence-corrected chi connectivity index (χ4v) is 5.15. The highest BCUT2D eigenvalue weighted by molar-refractivity contribution is 5.94. The maximum atomic E-state index is 13.2. The zero-order valence-corrected chi connectivity index (χ0v) is 21.5. The van der Waals surface area contributed by atoms with Gasteiger partial charge in [-0.15, -0.1) is 0 Å². The minimum Gasteiger partial charge on any atom is -0.355 e. The van der Waals surface area contributed by atoms with E-state index in [0.717, 1.165) is 39.0 Å². The fraction of sp³-hybridized carbons (Fsp3) is 0.423. The van der Waals surface area contributed by atoms with Crippen LogP contribution in [0.15, 0.2) is 36.7 Å². The Morgan fingerprint density at radius 3 is 2.47 bits per heavy atom. The molecule has 2 aliphatic heterocycles. The first-order valence-electron chi connectivity index (χ1n) is 12.5. The van der Waals surface area contributed by atoms with Gasteiger partial charge in [-0.1, -0.05) is 0 Å². The molecule has 0 atom stereocenters. The highest BCUT2D eigenvalue weighted by Gasteiger charge is 2.45. The third-order valence-electron chi connectivity index (χ3n) is 7.37. The van der Waals surface area contributed by atoms with Crippen molar-refractivity contribution in [1.82, 2.24) is 29.7 Å². The Bertz CT molecular complexity index is 1360. The highest BCUT2D eigenvalue weighted by atomic mass is 19.3. The SMILES string of the molecule is CNC(=O)c1cc(-c2nc(Nc3cc(C(F)F)ccn3)cc(N3CC4(CCN(C(C)=O)CC4)C3)n2)cn1C. The van der Waals surface area contributed by atoms with E-state index in [9.17, 15) is 18.4 Å². The molecule has 0 bridgehead atoms. The van der Waals surface area contributed by atoms with Crippen LogP contribution in [-0.4, -0.2) is 69.5 Å². The van der Waals surface area contributed by atoms with E-state index in [4.69, 9.17) is 4.98 Å². The predicted molar refractivity (Wildman–Crippen MR) is 138 cm³/mol. The molecule has 5 rings (SSSR count). The van der Waals surface area contributed by atoms with E-state index >= 15 is 0 Å². The molecule has 5 heterocycles. The molecule has 0 aliphatic carbocycles. The summed E-state index contributed by atoms with van der Waals surface area (Å²) < 4.78 is 28.2. The molecule has 3 aromatic rings. The summed E-state index contributed by atoms with van der Waals surface area (Å²) >= 11 is 0. The van der Waals surface area contributed by atoms with Gasteiger partial charge in [0.25, 0.3) is 12.3 Å². The third-order valence-corrected chi connectivity index (χ3v) is 7.37. The number of hydrogen-bond acceptors (Lipinski definition) is 7. The number of hydrogen-bond donors (Lipinski definition) is 2. The number of halogens is 2. The number of aryl methyl sites for hydroxylation is 1. The van der Waals surface area contributed by atoms with E-state index in [1.54, 1.807) is 43.9 Å². The summed E-state index contributed by atoms with van der Waals surface area (Å²) in [5.74, 6) is 1.61. The normalized spacial score (nSPS) is 16.5. The molecule has 200 valence electrons. The number of amides is 2. The number of nitrogens with one attached hydrogen (secondary N) is 2. The number of anilines is 3. The zero-order chi connectivity index (χ0) is 27.0. The minimum atomic E-state index is -2.62. The van der Waals surface area contributed by atoms with Crippen LogP contribution in [0.1, 0.15) is 42.2 Å².